The van der Waals surface area contributed by atoms with E-state index in [1.165, 1.54) is 18.2 Å². The Kier molecular flexibility index (Phi) is 25.1. The lowest BCUT2D eigenvalue weighted by atomic mass is 9.95. The largest absolute Gasteiger partial charge is 0.490 e. The number of imidazole rings is 3. The van der Waals surface area contributed by atoms with Gasteiger partial charge in [-0.05, 0) is 138 Å². The van der Waals surface area contributed by atoms with Gasteiger partial charge in [0.15, 0.2) is 17.5 Å². The number of amides is 3. The maximum absolute atomic E-state index is 15.4. The molecule has 3 fully saturated rings. The van der Waals surface area contributed by atoms with Crippen molar-refractivity contribution in [3.63, 3.8) is 0 Å². The third kappa shape index (κ3) is 16.8. The summed E-state index contributed by atoms with van der Waals surface area (Å²) in [7, 11) is 0. The molecule has 0 radical (unpaired) electrons. The predicted octanol–water partition coefficient (Wildman–Crippen LogP) is 13.2. The van der Waals surface area contributed by atoms with E-state index in [0.29, 0.717) is 117 Å². The molecule has 0 spiro atoms. The Bertz CT molecular complexity index is 4640. The topological polar surface area (TPSA) is 322 Å². The summed E-state index contributed by atoms with van der Waals surface area (Å²) < 4.78 is 80.5. The van der Waals surface area contributed by atoms with E-state index in [1.54, 1.807) is 51.0 Å². The number of nitrogens with zero attached hydrogens (tertiary/aromatic N) is 9. The van der Waals surface area contributed by atoms with Gasteiger partial charge in [0.1, 0.15) is 85.4 Å². The van der Waals surface area contributed by atoms with Crippen molar-refractivity contribution >= 4 is 86.5 Å². The second-order valence-corrected chi connectivity index (χ2v) is 28.6. The Morgan fingerprint density at radius 2 is 0.942 bits per heavy atom. The van der Waals surface area contributed by atoms with Gasteiger partial charge < -0.3 is 61.9 Å². The van der Waals surface area contributed by atoms with Crippen LogP contribution in [-0.2, 0) is 9.47 Å². The average molecular weight is 1500 g/mol. The highest BCUT2D eigenvalue weighted by Crippen LogP contribution is 2.44. The zero-order valence-electron chi connectivity index (χ0n) is 60.4. The van der Waals surface area contributed by atoms with Crippen LogP contribution in [0.4, 0.5) is 30.6 Å². The van der Waals surface area contributed by atoms with Crippen LogP contribution < -0.4 is 47.4 Å². The first-order chi connectivity index (χ1) is 49.5. The van der Waals surface area contributed by atoms with Gasteiger partial charge in [-0.25, -0.2) is 43.1 Å². The highest BCUT2D eigenvalue weighted by atomic mass is 35.5. The number of aromatic nitrogens is 9. The molecule has 0 bridgehead atoms. The number of benzene rings is 3. The van der Waals surface area contributed by atoms with Crippen LogP contribution in [-0.4, -0.2) is 135 Å². The molecule has 24 nitrogen and oxygen atoms in total. The molecule has 3 amide bonds. The first-order valence-electron chi connectivity index (χ1n) is 35.0. The summed E-state index contributed by atoms with van der Waals surface area (Å²) in [6, 6.07) is 4.03. The summed E-state index contributed by atoms with van der Waals surface area (Å²) in [6.45, 7) is 24.9. The molecule has 10 N–H and O–H groups in total. The molecule has 6 unspecified atom stereocenters. The Morgan fingerprint density at radius 3 is 1.30 bits per heavy atom. The van der Waals surface area contributed by atoms with Crippen LogP contribution in [0.25, 0.3) is 16.6 Å². The number of hydrogen-bond donors (Lipinski definition) is 7. The Hall–Kier alpha value is -8.73. The third-order valence-electron chi connectivity index (χ3n) is 18.7. The van der Waals surface area contributed by atoms with Gasteiger partial charge in [-0.3, -0.25) is 27.6 Å². The maximum Gasteiger partial charge on any atom is 0.258 e. The van der Waals surface area contributed by atoms with Crippen LogP contribution in [0.1, 0.15) is 214 Å². The number of nitrogens with one attached hydrogen (secondary N) is 3. The van der Waals surface area contributed by atoms with Crippen molar-refractivity contribution in [1.29, 1.82) is 0 Å². The lowest BCUT2D eigenvalue weighted by Crippen LogP contribution is -2.40. The van der Waals surface area contributed by atoms with E-state index < -0.39 is 65.1 Å². The van der Waals surface area contributed by atoms with Gasteiger partial charge in [0.05, 0.1) is 68.7 Å². The summed E-state index contributed by atoms with van der Waals surface area (Å²) in [5.41, 5.74) is 23.3. The molecule has 1 saturated carbocycles. The second-order valence-electron chi connectivity index (χ2n) is 27.3. The summed E-state index contributed by atoms with van der Waals surface area (Å²) in [6.07, 6.45) is 14.8. The molecule has 104 heavy (non-hydrogen) atoms. The number of nitrogens with two attached hydrogens (primary N) is 3. The zero-order chi connectivity index (χ0) is 75.3. The van der Waals surface area contributed by atoms with Gasteiger partial charge in [-0.2, -0.15) is 0 Å². The summed E-state index contributed by atoms with van der Waals surface area (Å²) in [5, 5.41) is 18.0. The van der Waals surface area contributed by atoms with Crippen LogP contribution >= 0.6 is 34.8 Å². The van der Waals surface area contributed by atoms with Crippen molar-refractivity contribution in [2.45, 2.75) is 189 Å². The molecule has 8 heterocycles. The molecule has 30 heteroatoms. The number of aliphatic hydroxyl groups is 1. The summed E-state index contributed by atoms with van der Waals surface area (Å²) in [5.74, 6) is -1.68. The van der Waals surface area contributed by atoms with E-state index in [0.717, 1.165) is 51.7 Å². The smallest absolute Gasteiger partial charge is 0.258 e. The van der Waals surface area contributed by atoms with Gasteiger partial charge in [-0.1, -0.05) is 55.6 Å². The van der Waals surface area contributed by atoms with E-state index in [4.69, 9.17) is 85.7 Å². The van der Waals surface area contributed by atoms with Crippen molar-refractivity contribution in [3.8, 4) is 17.2 Å². The average Bonchev–Trinajstić information content (AvgIpc) is 1.56. The lowest BCUT2D eigenvalue weighted by Gasteiger charge is -2.24. The fourth-order valence-electron chi connectivity index (χ4n) is 13.7. The molecule has 6 aromatic heterocycles. The third-order valence-corrected chi connectivity index (χ3v) is 19.6. The summed E-state index contributed by atoms with van der Waals surface area (Å²) >= 11 is 18.9. The van der Waals surface area contributed by atoms with Gasteiger partial charge in [0.25, 0.3) is 17.7 Å². The minimum absolute atomic E-state index is 0.0858. The van der Waals surface area contributed by atoms with Gasteiger partial charge >= 0.3 is 0 Å². The van der Waals surface area contributed by atoms with Crippen molar-refractivity contribution in [2.24, 2.45) is 5.92 Å². The van der Waals surface area contributed by atoms with E-state index in [2.05, 4.69) is 35.9 Å². The van der Waals surface area contributed by atoms with Crippen molar-refractivity contribution in [2.75, 3.05) is 50.1 Å². The number of hydrogen-bond acceptors (Lipinski definition) is 18. The number of carbonyl (C=O) groups excluding carboxylic acids is 3. The minimum Gasteiger partial charge on any atom is -0.490 e. The number of aryl methyl sites for hydroxylation is 3. The number of carbonyl (C=O) groups is 3. The predicted molar refractivity (Wildman–Crippen MR) is 393 cm³/mol. The SMILES string of the molecule is Cc1nc(C(C)c2cc(Cl)c(F)c(C(=O)NC3CCCC3O)c2OC(C)C)n2ccnc(N)c12.Cc1nc(C(C)c2cc(Cl)c(F)c(C(=O)NCC3CCCO3)c2OC(C)C)n2ccnc(N)c12.Cc1nc(C(C)c2cc(Cl)c(F)c(C(=O)NCCC3CCOCC3)c2OC(C)C)n2ccnc(N)c12. The molecule has 9 aromatic rings. The second kappa shape index (κ2) is 33.6. The van der Waals surface area contributed by atoms with Gasteiger partial charge in [0.2, 0.25) is 0 Å². The number of halogens is 6. The number of ether oxygens (including phenoxy) is 5. The standard InChI is InChI=1S/C26H33ClFN5O3.2C24H29ClFN5O3/c1-14(2)36-23-18(15(3)25-32-16(4)22-24(29)30-9-10-33(22)25)13-19(27)21(28)20(23)26(34)31-8-5-17-6-11-35-12-7-17;1-12(2)34-21-16(13(3)23-30-14(4)20-22(27)28-7-8-31(20)23)10-17(25)19(26)18(21)24(32)29-11-15-6-5-9-33-15;1-11(2)34-21-14(12(3)23-29-13(4)20-22(27)28-8-9-31(20)23)10-15(25)19(26)18(21)24(33)30-16-6-5-7-17(16)32/h9-10,13-15,17H,5-8,11-12H2,1-4H3,(H2,29,30)(H,31,34);7-8,10,12-13,15H,5-6,9,11H2,1-4H3,(H2,27,28)(H,29,32);8-12,16-17,32H,5-7H2,1-4H3,(H2,27,28)(H,30,33). The van der Waals surface area contributed by atoms with E-state index >= 15 is 13.2 Å². The first kappa shape index (κ1) is 77.9. The van der Waals surface area contributed by atoms with Gasteiger partial charge in [0, 0.05) is 105 Å². The maximum atomic E-state index is 15.4. The molecule has 1 aliphatic carbocycles. The lowest BCUT2D eigenvalue weighted by molar-refractivity contribution is 0.0635. The Balaban J connectivity index is 0.000000168. The van der Waals surface area contributed by atoms with Crippen LogP contribution in [0.15, 0.2) is 55.4 Å². The number of rotatable bonds is 21. The number of aliphatic hydroxyl groups excluding tert-OH is 1. The van der Waals surface area contributed by atoms with E-state index in [-0.39, 0.29) is 80.0 Å². The molecule has 12 rings (SSSR count). The van der Waals surface area contributed by atoms with Crippen LogP contribution in [0.2, 0.25) is 15.1 Å². The number of anilines is 3. The van der Waals surface area contributed by atoms with Crippen LogP contribution in [0.5, 0.6) is 17.2 Å². The molecular formula is C74H91Cl3F3N15O9. The Morgan fingerprint density at radius 1 is 0.558 bits per heavy atom. The highest BCUT2D eigenvalue weighted by Gasteiger charge is 2.36. The highest BCUT2D eigenvalue weighted by molar-refractivity contribution is 6.32. The van der Waals surface area contributed by atoms with E-state index in [9.17, 15) is 19.5 Å². The molecule has 3 aromatic carbocycles. The summed E-state index contributed by atoms with van der Waals surface area (Å²) in [4.78, 5) is 66.2. The van der Waals surface area contributed by atoms with Crippen LogP contribution in [0, 0.1) is 44.1 Å². The minimum atomic E-state index is -0.865. The van der Waals surface area contributed by atoms with E-state index in [1.807, 2.05) is 82.4 Å². The normalized spacial score (nSPS) is 17.1. The van der Waals surface area contributed by atoms with Crippen molar-refractivity contribution < 1.29 is 56.3 Å². The molecule has 558 valence electrons. The van der Waals surface area contributed by atoms with Crippen molar-refractivity contribution in [1.82, 2.24) is 59.1 Å². The first-order valence-corrected chi connectivity index (χ1v) is 36.2. The number of nitrogen functional groups attached to an aromatic ring is 3. The molecule has 2 aliphatic heterocycles. The fraction of sp³-hybridized carbons (Fsp3) is 0.473. The fourth-order valence-corrected chi connectivity index (χ4v) is 14.3. The number of fused-ring (bicyclic) bond motifs is 3. The zero-order valence-corrected chi connectivity index (χ0v) is 62.7. The Labute approximate surface area is 616 Å². The monoisotopic (exact) mass is 1500 g/mol. The van der Waals surface area contributed by atoms with Gasteiger partial charge in [-0.15, -0.1) is 0 Å². The molecular weight excluding hydrogens is 1410 g/mol. The van der Waals surface area contributed by atoms with Crippen molar-refractivity contribution in [3.05, 3.63) is 156 Å². The van der Waals surface area contributed by atoms with Crippen LogP contribution in [0.3, 0.4) is 0 Å². The molecule has 3 aliphatic rings. The quantitative estimate of drug-likeness (QED) is 0.0351. The molecule has 2 saturated heterocycles. The molecule has 6 atom stereocenters.